The van der Waals surface area contributed by atoms with Crippen molar-refractivity contribution in [3.05, 3.63) is 64.0 Å². The highest BCUT2D eigenvalue weighted by Gasteiger charge is 2.55. The minimum atomic E-state index is 0.248. The third-order valence-electron chi connectivity index (χ3n) is 9.81. The summed E-state index contributed by atoms with van der Waals surface area (Å²) in [6, 6.07) is 8.40. The standard InChI is InChI=1S/C36H38Cl2N6O4/c1-39-9-10-42-19-23(33-34(37)31(47-3)17-32(48-4)35(33)38)13-22-18-40-26(15-28(22)42)25-14-27(41-21-45)29(16-30(25)46-2)43-11-12-44(24-5-6-24)36(20-43)7-8-36/h9-10,13-18,21,24H,1,5-8,11-12,19-20H2,2-4H3,(H,41,45)/b10-9-. The molecule has 1 saturated heterocycles. The summed E-state index contributed by atoms with van der Waals surface area (Å²) in [4.78, 5) is 27.8. The minimum Gasteiger partial charge on any atom is -0.496 e. The van der Waals surface area contributed by atoms with Gasteiger partial charge in [0.1, 0.15) is 17.2 Å². The number of ether oxygens (including phenoxy) is 3. The molecule has 0 unspecified atom stereocenters. The van der Waals surface area contributed by atoms with Gasteiger partial charge in [-0.2, -0.15) is 0 Å². The Kier molecular flexibility index (Phi) is 8.74. The van der Waals surface area contributed by atoms with Gasteiger partial charge in [0.15, 0.2) is 0 Å². The summed E-state index contributed by atoms with van der Waals surface area (Å²) in [6.07, 6.45) is 13.1. The number of pyridine rings is 1. The van der Waals surface area contributed by atoms with Gasteiger partial charge in [-0.15, -0.1) is 0 Å². The van der Waals surface area contributed by atoms with E-state index < -0.39 is 0 Å². The Bertz CT molecular complexity index is 1810. The molecule has 0 radical (unpaired) electrons. The van der Waals surface area contributed by atoms with Crippen LogP contribution < -0.4 is 29.3 Å². The van der Waals surface area contributed by atoms with Gasteiger partial charge in [-0.25, -0.2) is 0 Å². The molecule has 48 heavy (non-hydrogen) atoms. The highest BCUT2D eigenvalue weighted by molar-refractivity contribution is 6.40. The van der Waals surface area contributed by atoms with E-state index in [4.69, 9.17) is 42.4 Å². The smallest absolute Gasteiger partial charge is 0.211 e. The number of carbonyl (C=O) groups excluding carboxylic acids is 1. The van der Waals surface area contributed by atoms with Crippen molar-refractivity contribution in [1.82, 2.24) is 9.88 Å². The second-order valence-electron chi connectivity index (χ2n) is 12.6. The number of amides is 1. The number of fused-ring (bicyclic) bond motifs is 1. The topological polar surface area (TPSA) is 91.8 Å². The van der Waals surface area contributed by atoms with Crippen LogP contribution in [0.2, 0.25) is 10.0 Å². The van der Waals surface area contributed by atoms with E-state index in [0.29, 0.717) is 45.1 Å². The van der Waals surface area contributed by atoms with E-state index in [1.165, 1.54) is 25.7 Å². The van der Waals surface area contributed by atoms with Gasteiger partial charge in [-0.1, -0.05) is 23.2 Å². The van der Waals surface area contributed by atoms with Crippen molar-refractivity contribution in [2.75, 3.05) is 62.6 Å². The number of benzene rings is 2. The van der Waals surface area contributed by atoms with Crippen molar-refractivity contribution in [3.63, 3.8) is 0 Å². The van der Waals surface area contributed by atoms with Crippen LogP contribution in [0.25, 0.3) is 22.9 Å². The van der Waals surface area contributed by atoms with E-state index in [1.54, 1.807) is 39.8 Å². The van der Waals surface area contributed by atoms with Crippen LogP contribution in [-0.4, -0.2) is 82.1 Å². The highest BCUT2D eigenvalue weighted by Crippen LogP contribution is 2.51. The highest BCUT2D eigenvalue weighted by atomic mass is 35.5. The molecule has 2 saturated carbocycles. The van der Waals surface area contributed by atoms with E-state index >= 15 is 0 Å². The molecule has 1 spiro atoms. The first-order valence-electron chi connectivity index (χ1n) is 16.0. The molecule has 1 amide bonds. The molecule has 2 aromatic carbocycles. The maximum Gasteiger partial charge on any atom is 0.211 e. The molecule has 0 atom stereocenters. The third-order valence-corrected chi connectivity index (χ3v) is 10.6. The van der Waals surface area contributed by atoms with Crippen molar-refractivity contribution < 1.29 is 19.0 Å². The molecule has 2 aliphatic carbocycles. The number of hydrogen-bond donors (Lipinski definition) is 1. The number of carbonyl (C=O) groups is 1. The van der Waals surface area contributed by atoms with Gasteiger partial charge >= 0.3 is 0 Å². The van der Waals surface area contributed by atoms with E-state index in [0.717, 1.165) is 65.8 Å². The molecule has 7 rings (SSSR count). The van der Waals surface area contributed by atoms with E-state index in [-0.39, 0.29) is 5.54 Å². The first kappa shape index (κ1) is 32.3. The molecular formula is C36H38Cl2N6O4. The molecule has 0 bridgehead atoms. The zero-order chi connectivity index (χ0) is 33.6. The first-order chi connectivity index (χ1) is 23.3. The Balaban J connectivity index is 1.28. The summed E-state index contributed by atoms with van der Waals surface area (Å²) in [7, 11) is 4.76. The summed E-state index contributed by atoms with van der Waals surface area (Å²) in [5.74, 6) is 1.58. The van der Waals surface area contributed by atoms with Crippen LogP contribution in [0.15, 0.2) is 47.9 Å². The second-order valence-corrected chi connectivity index (χ2v) is 13.3. The molecule has 12 heteroatoms. The van der Waals surface area contributed by atoms with Crippen molar-refractivity contribution in [2.45, 2.75) is 37.3 Å². The Labute approximate surface area is 290 Å². The molecule has 1 N–H and O–H groups in total. The van der Waals surface area contributed by atoms with Crippen LogP contribution in [0.4, 0.5) is 17.1 Å². The maximum absolute atomic E-state index is 11.9. The molecular weight excluding hydrogens is 651 g/mol. The Hall–Kier alpha value is -4.25. The Morgan fingerprint density at radius 2 is 1.73 bits per heavy atom. The lowest BCUT2D eigenvalue weighted by Crippen LogP contribution is -2.56. The lowest BCUT2D eigenvalue weighted by atomic mass is 9.96. The average molecular weight is 690 g/mol. The van der Waals surface area contributed by atoms with Crippen LogP contribution in [0.1, 0.15) is 36.8 Å². The third kappa shape index (κ3) is 5.76. The zero-order valence-electron chi connectivity index (χ0n) is 27.3. The van der Waals surface area contributed by atoms with Crippen molar-refractivity contribution in [2.24, 2.45) is 4.99 Å². The SMILES string of the molecule is C=N/C=C\N1CC(c2c(Cl)c(OC)cc(OC)c2Cl)=Cc2cnc(-c3cc(NC=O)c(N4CCN(C5CC5)C5(CC5)C4)cc3OC)cc21. The number of aromatic nitrogens is 1. The molecule has 250 valence electrons. The number of aliphatic imine (C=N–C) groups is 1. The normalized spacial score (nSPS) is 18.4. The van der Waals surface area contributed by atoms with Gasteiger partial charge in [-0.3, -0.25) is 19.7 Å². The monoisotopic (exact) mass is 688 g/mol. The van der Waals surface area contributed by atoms with Gasteiger partial charge in [0.2, 0.25) is 6.41 Å². The Morgan fingerprint density at radius 1 is 1.00 bits per heavy atom. The second kappa shape index (κ2) is 13.0. The number of halogens is 2. The molecule has 4 aliphatic rings. The predicted octanol–water partition coefficient (Wildman–Crippen LogP) is 7.00. The summed E-state index contributed by atoms with van der Waals surface area (Å²) in [5, 5.41) is 3.73. The molecule has 2 aliphatic heterocycles. The molecule has 3 aromatic rings. The van der Waals surface area contributed by atoms with E-state index in [2.05, 4.69) is 26.8 Å². The molecule has 3 fully saturated rings. The van der Waals surface area contributed by atoms with Crippen LogP contribution in [0.5, 0.6) is 17.2 Å². The molecule has 10 nitrogen and oxygen atoms in total. The Morgan fingerprint density at radius 3 is 2.35 bits per heavy atom. The number of piperazine rings is 1. The summed E-state index contributed by atoms with van der Waals surface area (Å²) in [6.45, 7) is 6.90. The van der Waals surface area contributed by atoms with Gasteiger partial charge in [0, 0.05) is 85.2 Å². The van der Waals surface area contributed by atoms with Crippen molar-refractivity contribution in [1.29, 1.82) is 0 Å². The van der Waals surface area contributed by atoms with Crippen molar-refractivity contribution >= 4 is 65.0 Å². The number of nitrogens with zero attached hydrogens (tertiary/aromatic N) is 5. The van der Waals surface area contributed by atoms with Crippen LogP contribution >= 0.6 is 23.2 Å². The van der Waals surface area contributed by atoms with Gasteiger partial charge < -0.3 is 29.3 Å². The first-order valence-corrected chi connectivity index (χ1v) is 16.7. The predicted molar refractivity (Wildman–Crippen MR) is 193 cm³/mol. The summed E-state index contributed by atoms with van der Waals surface area (Å²) < 4.78 is 17.0. The molecule has 3 heterocycles. The lowest BCUT2D eigenvalue weighted by molar-refractivity contribution is -0.105. The van der Waals surface area contributed by atoms with Crippen LogP contribution in [0, 0.1) is 0 Å². The van der Waals surface area contributed by atoms with Crippen molar-refractivity contribution in [3.8, 4) is 28.5 Å². The fourth-order valence-corrected chi connectivity index (χ4v) is 7.91. The maximum atomic E-state index is 11.9. The summed E-state index contributed by atoms with van der Waals surface area (Å²) >= 11 is 13.6. The number of nitrogens with one attached hydrogen (secondary N) is 1. The van der Waals surface area contributed by atoms with E-state index in [1.807, 2.05) is 35.4 Å². The number of methoxy groups -OCH3 is 3. The number of hydrogen-bond acceptors (Lipinski definition) is 9. The average Bonchev–Trinajstić information content (AvgIpc) is 4.05. The lowest BCUT2D eigenvalue weighted by Gasteiger charge is -2.44. The fraction of sp³-hybridized carbons (Fsp3) is 0.361. The zero-order valence-corrected chi connectivity index (χ0v) is 28.8. The minimum absolute atomic E-state index is 0.248. The largest absolute Gasteiger partial charge is 0.496 e. The molecule has 1 aromatic heterocycles. The van der Waals surface area contributed by atoms with Gasteiger partial charge in [0.25, 0.3) is 0 Å². The quantitative estimate of drug-likeness (QED) is 0.170. The number of anilines is 3. The summed E-state index contributed by atoms with van der Waals surface area (Å²) in [5.41, 5.74) is 6.55. The van der Waals surface area contributed by atoms with E-state index in [9.17, 15) is 4.79 Å². The van der Waals surface area contributed by atoms with Gasteiger partial charge in [0.05, 0.1) is 54.1 Å². The van der Waals surface area contributed by atoms with Crippen LogP contribution in [0.3, 0.4) is 0 Å². The number of rotatable bonds is 11. The van der Waals surface area contributed by atoms with Gasteiger partial charge in [-0.05, 0) is 56.2 Å². The van der Waals surface area contributed by atoms with Crippen LogP contribution in [-0.2, 0) is 4.79 Å². The fourth-order valence-electron chi connectivity index (χ4n) is 7.16.